The fraction of sp³-hybridized carbons (Fsp3) is 0.259. The van der Waals surface area contributed by atoms with Gasteiger partial charge in [-0.3, -0.25) is 9.88 Å². The summed E-state index contributed by atoms with van der Waals surface area (Å²) in [6, 6.07) is 20.1. The van der Waals surface area contributed by atoms with Crippen LogP contribution in [0.5, 0.6) is 0 Å². The van der Waals surface area contributed by atoms with E-state index in [9.17, 15) is 4.79 Å². The molecule has 1 aliphatic heterocycles. The van der Waals surface area contributed by atoms with Crippen molar-refractivity contribution in [2.75, 3.05) is 33.4 Å². The molecule has 1 unspecified atom stereocenters. The molecule has 2 heterocycles. The summed E-state index contributed by atoms with van der Waals surface area (Å²) in [6.45, 7) is 5.80. The van der Waals surface area contributed by atoms with Gasteiger partial charge in [0.25, 0.3) is 0 Å². The van der Waals surface area contributed by atoms with Crippen LogP contribution in [0.4, 0.5) is 0 Å². The number of hydrogen-bond acceptors (Lipinski definition) is 5. The summed E-state index contributed by atoms with van der Waals surface area (Å²) in [6.07, 6.45) is 1.61. The zero-order valence-corrected chi connectivity index (χ0v) is 18.4. The van der Waals surface area contributed by atoms with Crippen LogP contribution in [0.1, 0.15) is 40.0 Å². The van der Waals surface area contributed by atoms with Crippen molar-refractivity contribution >= 4 is 5.97 Å². The van der Waals surface area contributed by atoms with Crippen LogP contribution >= 0.6 is 0 Å². The summed E-state index contributed by atoms with van der Waals surface area (Å²) in [5, 5.41) is 0. The van der Waals surface area contributed by atoms with Crippen LogP contribution in [0.15, 0.2) is 66.9 Å². The van der Waals surface area contributed by atoms with Crippen LogP contribution in [-0.4, -0.2) is 49.3 Å². The van der Waals surface area contributed by atoms with E-state index in [4.69, 9.17) is 9.47 Å². The number of aromatic nitrogens is 1. The van der Waals surface area contributed by atoms with Crippen LogP contribution in [0.3, 0.4) is 0 Å². The van der Waals surface area contributed by atoms with Crippen molar-refractivity contribution in [3.63, 3.8) is 0 Å². The third kappa shape index (κ3) is 5.23. The van der Waals surface area contributed by atoms with Gasteiger partial charge in [0.2, 0.25) is 0 Å². The Morgan fingerprint density at radius 3 is 2.25 bits per heavy atom. The number of hydrogen-bond donors (Lipinski definition) is 0. The van der Waals surface area contributed by atoms with E-state index in [2.05, 4.69) is 52.9 Å². The monoisotopic (exact) mass is 426 g/mol. The van der Waals surface area contributed by atoms with Crippen LogP contribution in [0, 0.1) is 11.8 Å². The summed E-state index contributed by atoms with van der Waals surface area (Å²) in [5.74, 6) is 6.08. The maximum absolute atomic E-state index is 11.7. The second-order valence-electron chi connectivity index (χ2n) is 7.70. The first-order valence-electron chi connectivity index (χ1n) is 10.7. The molecule has 0 bridgehead atoms. The average molecular weight is 427 g/mol. The summed E-state index contributed by atoms with van der Waals surface area (Å²) < 4.78 is 10.2. The molecule has 0 radical (unpaired) electrons. The van der Waals surface area contributed by atoms with E-state index in [0.29, 0.717) is 11.6 Å². The Labute approximate surface area is 189 Å². The van der Waals surface area contributed by atoms with Gasteiger partial charge in [-0.2, -0.15) is 0 Å². The van der Waals surface area contributed by atoms with Gasteiger partial charge in [0, 0.05) is 42.0 Å². The first-order valence-corrected chi connectivity index (χ1v) is 10.7. The lowest BCUT2D eigenvalue weighted by atomic mass is 10.0. The number of ether oxygens (including phenoxy) is 2. The highest BCUT2D eigenvalue weighted by Gasteiger charge is 2.18. The lowest BCUT2D eigenvalue weighted by Gasteiger charge is -2.32. The van der Waals surface area contributed by atoms with E-state index in [-0.39, 0.29) is 5.97 Å². The molecule has 5 nitrogen and oxygen atoms in total. The molecule has 1 aromatic heterocycles. The Morgan fingerprint density at radius 2 is 1.62 bits per heavy atom. The van der Waals surface area contributed by atoms with Crippen molar-refractivity contribution in [2.24, 2.45) is 0 Å². The van der Waals surface area contributed by atoms with Crippen LogP contribution in [0.25, 0.3) is 11.3 Å². The summed E-state index contributed by atoms with van der Waals surface area (Å²) in [7, 11) is 1.37. The third-order valence-corrected chi connectivity index (χ3v) is 5.70. The van der Waals surface area contributed by atoms with Gasteiger partial charge in [0.05, 0.1) is 31.6 Å². The van der Waals surface area contributed by atoms with Crippen LogP contribution < -0.4 is 0 Å². The maximum atomic E-state index is 11.7. The van der Waals surface area contributed by atoms with Crippen LogP contribution in [0.2, 0.25) is 0 Å². The Bertz CT molecular complexity index is 1120. The van der Waals surface area contributed by atoms with Crippen molar-refractivity contribution in [1.29, 1.82) is 0 Å². The van der Waals surface area contributed by atoms with Gasteiger partial charge in [-0.05, 0) is 48.9 Å². The smallest absolute Gasteiger partial charge is 0.337 e. The highest BCUT2D eigenvalue weighted by atomic mass is 16.5. The number of carbonyl (C=O) groups excluding carboxylic acids is 1. The minimum Gasteiger partial charge on any atom is -0.465 e. The molecule has 32 heavy (non-hydrogen) atoms. The molecule has 162 valence electrons. The standard InChI is InChI=1S/C27H26N2O3/c1-20(29-15-17-32-18-16-29)23-9-5-21(6-10-23)3-4-22-7-11-24(12-8-22)26-19-25(13-14-28-26)27(30)31-2/h5-14,19-20H,15-18H2,1-2H3. The molecular weight excluding hydrogens is 400 g/mol. The van der Waals surface area contributed by atoms with E-state index in [1.807, 2.05) is 24.3 Å². The number of pyridine rings is 1. The number of morpholine rings is 1. The molecule has 0 spiro atoms. The number of rotatable bonds is 4. The number of nitrogens with zero attached hydrogens (tertiary/aromatic N) is 2. The molecule has 1 atom stereocenters. The van der Waals surface area contributed by atoms with E-state index >= 15 is 0 Å². The normalized spacial score (nSPS) is 14.8. The van der Waals surface area contributed by atoms with Gasteiger partial charge in [0.15, 0.2) is 0 Å². The van der Waals surface area contributed by atoms with Gasteiger partial charge >= 0.3 is 5.97 Å². The van der Waals surface area contributed by atoms with Gasteiger partial charge in [-0.15, -0.1) is 0 Å². The molecule has 0 aliphatic carbocycles. The van der Waals surface area contributed by atoms with E-state index in [0.717, 1.165) is 48.7 Å². The third-order valence-electron chi connectivity index (χ3n) is 5.70. The van der Waals surface area contributed by atoms with Gasteiger partial charge in [-0.25, -0.2) is 4.79 Å². The van der Waals surface area contributed by atoms with Crippen molar-refractivity contribution in [1.82, 2.24) is 9.88 Å². The molecule has 1 saturated heterocycles. The molecule has 2 aromatic carbocycles. The summed E-state index contributed by atoms with van der Waals surface area (Å²) in [4.78, 5) is 18.5. The minimum atomic E-state index is -0.374. The molecular formula is C27H26N2O3. The first kappa shape index (κ1) is 21.8. The zero-order valence-electron chi connectivity index (χ0n) is 18.4. The van der Waals surface area contributed by atoms with Crippen molar-refractivity contribution < 1.29 is 14.3 Å². The summed E-state index contributed by atoms with van der Waals surface area (Å²) in [5.41, 5.74) is 5.32. The molecule has 1 fully saturated rings. The highest BCUT2D eigenvalue weighted by molar-refractivity contribution is 5.90. The number of benzene rings is 2. The van der Waals surface area contributed by atoms with Crippen molar-refractivity contribution in [3.05, 3.63) is 89.1 Å². The molecule has 3 aromatic rings. The van der Waals surface area contributed by atoms with Gasteiger partial charge in [0.1, 0.15) is 0 Å². The fourth-order valence-corrected chi connectivity index (χ4v) is 3.72. The van der Waals surface area contributed by atoms with E-state index in [1.54, 1.807) is 18.3 Å². The zero-order chi connectivity index (χ0) is 22.3. The van der Waals surface area contributed by atoms with E-state index < -0.39 is 0 Å². The molecule has 5 heteroatoms. The number of carbonyl (C=O) groups is 1. The second-order valence-corrected chi connectivity index (χ2v) is 7.70. The molecule has 4 rings (SSSR count). The fourth-order valence-electron chi connectivity index (χ4n) is 3.72. The van der Waals surface area contributed by atoms with Gasteiger partial charge < -0.3 is 9.47 Å². The molecule has 1 aliphatic rings. The Balaban J connectivity index is 1.43. The van der Waals surface area contributed by atoms with Gasteiger partial charge in [-0.1, -0.05) is 36.1 Å². The SMILES string of the molecule is COC(=O)c1ccnc(-c2ccc(C#Cc3ccc(C(C)N4CCOCC4)cc3)cc2)c1. The Kier molecular flexibility index (Phi) is 6.96. The maximum Gasteiger partial charge on any atom is 0.337 e. The number of esters is 1. The topological polar surface area (TPSA) is 51.7 Å². The Morgan fingerprint density at radius 1 is 1.00 bits per heavy atom. The average Bonchev–Trinajstić information content (AvgIpc) is 2.88. The lowest BCUT2D eigenvalue weighted by molar-refractivity contribution is 0.0198. The van der Waals surface area contributed by atoms with E-state index in [1.165, 1.54) is 12.7 Å². The van der Waals surface area contributed by atoms with Crippen molar-refractivity contribution in [3.8, 4) is 23.1 Å². The van der Waals surface area contributed by atoms with Crippen LogP contribution in [-0.2, 0) is 9.47 Å². The second kappa shape index (κ2) is 10.2. The summed E-state index contributed by atoms with van der Waals surface area (Å²) >= 11 is 0. The minimum absolute atomic E-state index is 0.374. The quantitative estimate of drug-likeness (QED) is 0.459. The largest absolute Gasteiger partial charge is 0.465 e. The highest BCUT2D eigenvalue weighted by Crippen LogP contribution is 2.22. The molecule has 0 N–H and O–H groups in total. The first-order chi connectivity index (χ1) is 15.6. The predicted molar refractivity (Wildman–Crippen MR) is 124 cm³/mol. The predicted octanol–water partition coefficient (Wildman–Crippen LogP) is 4.33. The van der Waals surface area contributed by atoms with Crippen molar-refractivity contribution in [2.45, 2.75) is 13.0 Å². The molecule has 0 amide bonds. The lowest BCUT2D eigenvalue weighted by Crippen LogP contribution is -2.37. The Hall–Kier alpha value is -3.46. The molecule has 0 saturated carbocycles. The number of methoxy groups -OCH3 is 1.